The van der Waals surface area contributed by atoms with Gasteiger partial charge >= 0.3 is 13.3 Å². The van der Waals surface area contributed by atoms with Crippen LogP contribution in [0.25, 0.3) is 0 Å². The van der Waals surface area contributed by atoms with E-state index in [1.54, 1.807) is 0 Å². The van der Waals surface area contributed by atoms with E-state index in [4.69, 9.17) is 10.0 Å². The van der Waals surface area contributed by atoms with Crippen LogP contribution in [0.3, 0.4) is 0 Å². The highest BCUT2D eigenvalue weighted by molar-refractivity contribution is 7.85. The van der Waals surface area contributed by atoms with Crippen molar-refractivity contribution in [3.8, 4) is 0 Å². The van der Waals surface area contributed by atoms with Crippen LogP contribution in [0.4, 0.5) is 13.2 Å². The Morgan fingerprint density at radius 2 is 1.95 bits per heavy atom. The van der Waals surface area contributed by atoms with Gasteiger partial charge in [0.1, 0.15) is 5.75 Å². The van der Waals surface area contributed by atoms with Gasteiger partial charge in [0.05, 0.1) is 10.8 Å². The number of benzene rings is 1. The molecule has 0 aliphatic rings. The second-order valence-electron chi connectivity index (χ2n) is 5.06. The fourth-order valence-electron chi connectivity index (χ4n) is 1.86. The largest absolute Gasteiger partial charge is 0.488 e. The van der Waals surface area contributed by atoms with Crippen molar-refractivity contribution in [3.63, 3.8) is 0 Å². The number of rotatable bonds is 6. The lowest BCUT2D eigenvalue weighted by Gasteiger charge is -2.15. The quantitative estimate of drug-likeness (QED) is 0.783. The molecule has 0 saturated carbocycles. The van der Waals surface area contributed by atoms with Gasteiger partial charge in [0.15, 0.2) is 0 Å². The molecule has 118 valence electrons. The van der Waals surface area contributed by atoms with Crippen molar-refractivity contribution in [2.24, 2.45) is 5.92 Å². The highest BCUT2D eigenvalue weighted by Crippen LogP contribution is 2.23. The predicted molar refractivity (Wildman–Crippen MR) is 76.8 cm³/mol. The molecule has 2 N–H and O–H groups in total. The molecule has 0 heterocycles. The van der Waals surface area contributed by atoms with Crippen molar-refractivity contribution in [2.75, 3.05) is 5.75 Å². The third-order valence-corrected chi connectivity index (χ3v) is 4.65. The Morgan fingerprint density at radius 1 is 1.33 bits per heavy atom. The van der Waals surface area contributed by atoms with E-state index in [9.17, 15) is 17.4 Å². The van der Waals surface area contributed by atoms with Crippen LogP contribution < -0.4 is 5.46 Å². The summed E-state index contributed by atoms with van der Waals surface area (Å²) in [7, 11) is -4.06. The molecule has 0 fully saturated rings. The zero-order valence-corrected chi connectivity index (χ0v) is 12.7. The minimum Gasteiger partial charge on any atom is -0.423 e. The molecule has 1 aromatic carbocycles. The molecule has 0 aliphatic carbocycles. The van der Waals surface area contributed by atoms with Crippen molar-refractivity contribution < 1.29 is 27.4 Å². The molecular formula is C13H18BF3O3S. The molecule has 0 aliphatic heterocycles. The Morgan fingerprint density at radius 3 is 2.43 bits per heavy atom. The molecule has 1 rings (SSSR count). The first-order chi connectivity index (χ1) is 9.64. The minimum atomic E-state index is -4.54. The molecule has 2 atom stereocenters. The van der Waals surface area contributed by atoms with Gasteiger partial charge < -0.3 is 10.0 Å². The van der Waals surface area contributed by atoms with E-state index >= 15 is 0 Å². The molecule has 3 nitrogen and oxygen atoms in total. The van der Waals surface area contributed by atoms with E-state index in [1.165, 1.54) is 18.2 Å². The van der Waals surface area contributed by atoms with Gasteiger partial charge in [0, 0.05) is 4.90 Å². The maximum Gasteiger partial charge on any atom is 0.488 e. The van der Waals surface area contributed by atoms with Crippen LogP contribution in [0.2, 0.25) is 0 Å². The first kappa shape index (κ1) is 18.2. The van der Waals surface area contributed by atoms with Crippen molar-refractivity contribution in [1.82, 2.24) is 0 Å². The van der Waals surface area contributed by atoms with E-state index in [0.717, 1.165) is 6.42 Å². The minimum absolute atomic E-state index is 0.0261. The zero-order valence-electron chi connectivity index (χ0n) is 11.9. The fraction of sp³-hybridized carbons (Fsp3) is 0.538. The number of alkyl halides is 3. The molecule has 8 heteroatoms. The third kappa shape index (κ3) is 5.80. The standard InChI is InChI=1S/C13H18BF3O3S/c1-3-9(2)6-10-4-5-11(14(18)19)7-12(10)21(20)8-13(15,16)17/h4-5,7,9,18-19H,3,6,8H2,1-2H3. The van der Waals surface area contributed by atoms with Gasteiger partial charge in [-0.15, -0.1) is 0 Å². The normalized spacial score (nSPS) is 14.8. The Hall–Kier alpha value is -0.855. The summed E-state index contributed by atoms with van der Waals surface area (Å²) in [5, 5.41) is 18.2. The average molecular weight is 322 g/mol. The maximum absolute atomic E-state index is 12.4. The van der Waals surface area contributed by atoms with Crippen molar-refractivity contribution >= 4 is 23.4 Å². The first-order valence-corrected chi connectivity index (χ1v) is 7.90. The Kier molecular flexibility index (Phi) is 6.43. The van der Waals surface area contributed by atoms with E-state index in [0.29, 0.717) is 12.0 Å². The topological polar surface area (TPSA) is 57.5 Å². The average Bonchev–Trinajstić information content (AvgIpc) is 2.36. The molecule has 0 bridgehead atoms. The van der Waals surface area contributed by atoms with Crippen molar-refractivity contribution in [1.29, 1.82) is 0 Å². The summed E-state index contributed by atoms with van der Waals surface area (Å²) in [6.07, 6.45) is -3.20. The molecule has 0 spiro atoms. The second-order valence-corrected chi connectivity index (χ2v) is 6.48. The Balaban J connectivity index is 3.16. The summed E-state index contributed by atoms with van der Waals surface area (Å²) in [6, 6.07) is 4.13. The summed E-state index contributed by atoms with van der Waals surface area (Å²) >= 11 is 0. The van der Waals surface area contributed by atoms with Crippen LogP contribution in [0, 0.1) is 5.92 Å². The fourth-order valence-corrected chi connectivity index (χ4v) is 3.02. The van der Waals surface area contributed by atoms with Gasteiger partial charge in [-0.2, -0.15) is 13.2 Å². The molecular weight excluding hydrogens is 304 g/mol. The van der Waals surface area contributed by atoms with Gasteiger partial charge in [0.2, 0.25) is 0 Å². The summed E-state index contributed by atoms with van der Waals surface area (Å²) in [6.45, 7) is 3.91. The van der Waals surface area contributed by atoms with E-state index in [1.807, 2.05) is 13.8 Å². The van der Waals surface area contributed by atoms with Crippen LogP contribution in [0.1, 0.15) is 25.8 Å². The highest BCUT2D eigenvalue weighted by Gasteiger charge is 2.32. The summed E-state index contributed by atoms with van der Waals surface area (Å²) < 4.78 is 49.2. The van der Waals surface area contributed by atoms with Crippen LogP contribution in [0.15, 0.2) is 23.1 Å². The smallest absolute Gasteiger partial charge is 0.423 e. The van der Waals surface area contributed by atoms with Crippen LogP contribution in [-0.4, -0.2) is 33.3 Å². The lowest BCUT2D eigenvalue weighted by Crippen LogP contribution is -2.31. The number of halogens is 3. The lowest BCUT2D eigenvalue weighted by atomic mass is 9.79. The third-order valence-electron chi connectivity index (χ3n) is 3.19. The lowest BCUT2D eigenvalue weighted by molar-refractivity contribution is -0.105. The SMILES string of the molecule is CCC(C)Cc1ccc(B(O)O)cc1S(=O)CC(F)(F)F. The van der Waals surface area contributed by atoms with Crippen molar-refractivity contribution in [3.05, 3.63) is 23.8 Å². The van der Waals surface area contributed by atoms with Crippen LogP contribution in [-0.2, 0) is 17.2 Å². The molecule has 0 aromatic heterocycles. The highest BCUT2D eigenvalue weighted by atomic mass is 32.2. The van der Waals surface area contributed by atoms with Crippen LogP contribution >= 0.6 is 0 Å². The van der Waals surface area contributed by atoms with Crippen LogP contribution in [0.5, 0.6) is 0 Å². The second kappa shape index (κ2) is 7.42. The molecule has 1 aromatic rings. The zero-order chi connectivity index (χ0) is 16.2. The van der Waals surface area contributed by atoms with Gasteiger partial charge in [-0.05, 0) is 29.4 Å². The summed E-state index contributed by atoms with van der Waals surface area (Å²) in [5.74, 6) is -1.21. The maximum atomic E-state index is 12.4. The molecule has 0 radical (unpaired) electrons. The number of hydrogen-bond acceptors (Lipinski definition) is 3. The Labute approximate surface area is 124 Å². The van der Waals surface area contributed by atoms with E-state index < -0.39 is 29.8 Å². The first-order valence-electron chi connectivity index (χ1n) is 6.58. The molecule has 0 saturated heterocycles. The summed E-state index contributed by atoms with van der Waals surface area (Å²) in [5.41, 5.74) is 0.588. The van der Waals surface area contributed by atoms with Crippen molar-refractivity contribution in [2.45, 2.75) is 37.8 Å². The summed E-state index contributed by atoms with van der Waals surface area (Å²) in [4.78, 5) is 0.0261. The van der Waals surface area contributed by atoms with Gasteiger partial charge in [-0.25, -0.2) is 0 Å². The van der Waals surface area contributed by atoms with Gasteiger partial charge in [0.25, 0.3) is 0 Å². The predicted octanol–water partition coefficient (Wildman–Crippen LogP) is 1.62. The number of hydrogen-bond donors (Lipinski definition) is 2. The molecule has 2 unspecified atom stereocenters. The molecule has 0 amide bonds. The molecule has 21 heavy (non-hydrogen) atoms. The van der Waals surface area contributed by atoms with E-state index in [-0.39, 0.29) is 16.3 Å². The van der Waals surface area contributed by atoms with E-state index in [2.05, 4.69) is 0 Å². The van der Waals surface area contributed by atoms with Gasteiger partial charge in [-0.3, -0.25) is 4.21 Å². The Bertz CT molecular complexity index is 506. The monoisotopic (exact) mass is 322 g/mol. The van der Waals surface area contributed by atoms with Gasteiger partial charge in [-0.1, -0.05) is 32.4 Å².